The highest BCUT2D eigenvalue weighted by Crippen LogP contribution is 2.29. The Balaban J connectivity index is 2.05. The smallest absolute Gasteiger partial charge is 0.185 e. The second-order valence-electron chi connectivity index (χ2n) is 4.48. The van der Waals surface area contributed by atoms with Crippen LogP contribution in [-0.2, 0) is 6.54 Å². The Hall–Kier alpha value is -1.46. The molecule has 0 spiro atoms. The van der Waals surface area contributed by atoms with Crippen molar-refractivity contribution >= 4 is 33.8 Å². The summed E-state index contributed by atoms with van der Waals surface area (Å²) < 4.78 is 5.33. The molecule has 0 amide bonds. The molecule has 0 saturated carbocycles. The van der Waals surface area contributed by atoms with E-state index in [1.165, 1.54) is 4.88 Å². The number of anilines is 2. The van der Waals surface area contributed by atoms with Crippen LogP contribution in [0.15, 0.2) is 24.4 Å². The fraction of sp³-hybridized carbons (Fsp3) is 0.400. The fourth-order valence-corrected chi connectivity index (χ4v) is 3.17. The molecule has 2 aromatic rings. The molecule has 0 atom stereocenters. The van der Waals surface area contributed by atoms with Gasteiger partial charge in [-0.15, -0.1) is 11.3 Å². The zero-order valence-corrected chi connectivity index (χ0v) is 14.1. The SMILES string of the molecule is CCN(CC)c1ncc(CNc2cc(Cl)ccc2OC)s1. The Morgan fingerprint density at radius 2 is 2.10 bits per heavy atom. The number of rotatable bonds is 7. The Labute approximate surface area is 134 Å². The molecule has 1 aromatic heterocycles. The first-order valence-corrected chi connectivity index (χ1v) is 8.14. The molecule has 2 rings (SSSR count). The van der Waals surface area contributed by atoms with Crippen molar-refractivity contribution in [2.45, 2.75) is 20.4 Å². The second-order valence-corrected chi connectivity index (χ2v) is 6.01. The molecule has 1 heterocycles. The van der Waals surface area contributed by atoms with Gasteiger partial charge in [-0.3, -0.25) is 0 Å². The molecule has 21 heavy (non-hydrogen) atoms. The highest BCUT2D eigenvalue weighted by molar-refractivity contribution is 7.15. The highest BCUT2D eigenvalue weighted by atomic mass is 35.5. The van der Waals surface area contributed by atoms with E-state index < -0.39 is 0 Å². The zero-order valence-electron chi connectivity index (χ0n) is 12.5. The van der Waals surface area contributed by atoms with Crippen molar-refractivity contribution in [1.29, 1.82) is 0 Å². The first-order valence-electron chi connectivity index (χ1n) is 6.95. The Morgan fingerprint density at radius 3 is 2.76 bits per heavy atom. The van der Waals surface area contributed by atoms with Crippen molar-refractivity contribution in [1.82, 2.24) is 4.98 Å². The molecule has 0 aliphatic carbocycles. The minimum Gasteiger partial charge on any atom is -0.495 e. The van der Waals surface area contributed by atoms with Crippen molar-refractivity contribution in [2.75, 3.05) is 30.4 Å². The molecular formula is C15H20ClN3OS. The van der Waals surface area contributed by atoms with E-state index in [1.807, 2.05) is 24.4 Å². The summed E-state index contributed by atoms with van der Waals surface area (Å²) in [6, 6.07) is 5.54. The van der Waals surface area contributed by atoms with E-state index >= 15 is 0 Å². The van der Waals surface area contributed by atoms with E-state index in [2.05, 4.69) is 29.0 Å². The van der Waals surface area contributed by atoms with Gasteiger partial charge in [-0.25, -0.2) is 4.98 Å². The van der Waals surface area contributed by atoms with Crippen LogP contribution in [0.2, 0.25) is 5.02 Å². The summed E-state index contributed by atoms with van der Waals surface area (Å²) in [5.74, 6) is 0.785. The molecule has 1 aromatic carbocycles. The Kier molecular flexibility index (Phi) is 5.70. The average molecular weight is 326 g/mol. The molecule has 0 aliphatic rings. The predicted octanol–water partition coefficient (Wildman–Crippen LogP) is 4.26. The summed E-state index contributed by atoms with van der Waals surface area (Å²) in [5, 5.41) is 5.10. The number of nitrogens with one attached hydrogen (secondary N) is 1. The third kappa shape index (κ3) is 4.02. The van der Waals surface area contributed by atoms with E-state index in [-0.39, 0.29) is 0 Å². The lowest BCUT2D eigenvalue weighted by atomic mass is 10.3. The van der Waals surface area contributed by atoms with Crippen molar-refractivity contribution < 1.29 is 4.74 Å². The molecule has 4 nitrogen and oxygen atoms in total. The molecule has 0 bridgehead atoms. The molecule has 0 unspecified atom stereocenters. The van der Waals surface area contributed by atoms with Crippen molar-refractivity contribution in [3.8, 4) is 5.75 Å². The first-order chi connectivity index (χ1) is 10.2. The maximum Gasteiger partial charge on any atom is 0.185 e. The Bertz CT molecular complexity index is 584. The number of hydrogen-bond donors (Lipinski definition) is 1. The van der Waals surface area contributed by atoms with Crippen LogP contribution in [0.1, 0.15) is 18.7 Å². The quantitative estimate of drug-likeness (QED) is 0.825. The molecule has 0 saturated heterocycles. The minimum atomic E-state index is 0.687. The van der Waals surface area contributed by atoms with Crippen LogP contribution in [0, 0.1) is 0 Å². The summed E-state index contributed by atoms with van der Waals surface area (Å²) in [4.78, 5) is 7.90. The van der Waals surface area contributed by atoms with Gasteiger partial charge in [-0.2, -0.15) is 0 Å². The number of halogens is 1. The van der Waals surface area contributed by atoms with Crippen LogP contribution in [0.25, 0.3) is 0 Å². The third-order valence-corrected chi connectivity index (χ3v) is 4.48. The lowest BCUT2D eigenvalue weighted by Crippen LogP contribution is -2.21. The van der Waals surface area contributed by atoms with Gasteiger partial charge in [-0.05, 0) is 32.0 Å². The molecule has 114 valence electrons. The maximum absolute atomic E-state index is 6.03. The third-order valence-electron chi connectivity index (χ3n) is 3.19. The maximum atomic E-state index is 6.03. The monoisotopic (exact) mass is 325 g/mol. The van der Waals surface area contributed by atoms with Gasteiger partial charge in [0.25, 0.3) is 0 Å². The lowest BCUT2D eigenvalue weighted by molar-refractivity contribution is 0.416. The predicted molar refractivity (Wildman–Crippen MR) is 91.0 cm³/mol. The number of ether oxygens (including phenoxy) is 1. The lowest BCUT2D eigenvalue weighted by Gasteiger charge is -2.16. The van der Waals surface area contributed by atoms with Gasteiger partial charge in [0.05, 0.1) is 19.3 Å². The van der Waals surface area contributed by atoms with Crippen LogP contribution in [-0.4, -0.2) is 25.2 Å². The molecule has 0 radical (unpaired) electrons. The first kappa shape index (κ1) is 15.9. The van der Waals surface area contributed by atoms with Crippen molar-refractivity contribution in [3.63, 3.8) is 0 Å². The van der Waals surface area contributed by atoms with Crippen molar-refractivity contribution in [2.24, 2.45) is 0 Å². The molecule has 6 heteroatoms. The topological polar surface area (TPSA) is 37.4 Å². The van der Waals surface area contributed by atoms with E-state index in [0.717, 1.165) is 29.7 Å². The number of aromatic nitrogens is 1. The van der Waals surface area contributed by atoms with Gasteiger partial charge in [-0.1, -0.05) is 11.6 Å². The largest absolute Gasteiger partial charge is 0.495 e. The van der Waals surface area contributed by atoms with Crippen LogP contribution >= 0.6 is 22.9 Å². The molecular weight excluding hydrogens is 306 g/mol. The fourth-order valence-electron chi connectivity index (χ4n) is 2.02. The van der Waals surface area contributed by atoms with Crippen LogP contribution in [0.3, 0.4) is 0 Å². The number of methoxy groups -OCH3 is 1. The van der Waals surface area contributed by atoms with E-state index in [0.29, 0.717) is 11.6 Å². The standard InChI is InChI=1S/C15H20ClN3OS/c1-4-19(5-2)15-18-10-12(21-15)9-17-13-8-11(16)6-7-14(13)20-3/h6-8,10,17H,4-5,9H2,1-3H3. The number of hydrogen-bond acceptors (Lipinski definition) is 5. The summed E-state index contributed by atoms with van der Waals surface area (Å²) >= 11 is 7.73. The van der Waals surface area contributed by atoms with Gasteiger partial charge in [0.2, 0.25) is 0 Å². The average Bonchev–Trinajstić information content (AvgIpc) is 2.95. The van der Waals surface area contributed by atoms with Crippen LogP contribution in [0.5, 0.6) is 5.75 Å². The normalized spacial score (nSPS) is 10.5. The van der Waals surface area contributed by atoms with Gasteiger partial charge < -0.3 is 15.0 Å². The highest BCUT2D eigenvalue weighted by Gasteiger charge is 2.09. The van der Waals surface area contributed by atoms with E-state index in [4.69, 9.17) is 16.3 Å². The summed E-state index contributed by atoms with van der Waals surface area (Å²) in [7, 11) is 1.65. The van der Waals surface area contributed by atoms with Gasteiger partial charge in [0.15, 0.2) is 5.13 Å². The number of nitrogens with zero attached hydrogens (tertiary/aromatic N) is 2. The summed E-state index contributed by atoms with van der Waals surface area (Å²) in [6.45, 7) is 6.92. The van der Waals surface area contributed by atoms with E-state index in [9.17, 15) is 0 Å². The van der Waals surface area contributed by atoms with Crippen LogP contribution < -0.4 is 15.0 Å². The Morgan fingerprint density at radius 1 is 1.33 bits per heavy atom. The summed E-state index contributed by atoms with van der Waals surface area (Å²) in [5.41, 5.74) is 0.891. The van der Waals surface area contributed by atoms with Crippen LogP contribution in [0.4, 0.5) is 10.8 Å². The molecule has 0 aliphatic heterocycles. The van der Waals surface area contributed by atoms with Gasteiger partial charge in [0, 0.05) is 29.2 Å². The minimum absolute atomic E-state index is 0.687. The summed E-state index contributed by atoms with van der Waals surface area (Å²) in [6.07, 6.45) is 1.92. The second kappa shape index (κ2) is 7.52. The number of benzene rings is 1. The van der Waals surface area contributed by atoms with Gasteiger partial charge >= 0.3 is 0 Å². The molecule has 0 fully saturated rings. The van der Waals surface area contributed by atoms with Crippen molar-refractivity contribution in [3.05, 3.63) is 34.3 Å². The van der Waals surface area contributed by atoms with Gasteiger partial charge in [0.1, 0.15) is 5.75 Å². The zero-order chi connectivity index (χ0) is 15.2. The van der Waals surface area contributed by atoms with E-state index in [1.54, 1.807) is 18.4 Å². The number of thiazole rings is 1. The molecule has 1 N–H and O–H groups in total.